The molecule has 0 aliphatic heterocycles. The predicted octanol–water partition coefficient (Wildman–Crippen LogP) is 1.00. The van der Waals surface area contributed by atoms with E-state index in [0.717, 1.165) is 24.3 Å². The Labute approximate surface area is 105 Å². The third-order valence-electron chi connectivity index (χ3n) is 2.51. The van der Waals surface area contributed by atoms with E-state index < -0.39 is 0 Å². The van der Waals surface area contributed by atoms with E-state index >= 15 is 0 Å². The Balaban J connectivity index is 2.30. The number of aromatic nitrogens is 4. The van der Waals surface area contributed by atoms with Gasteiger partial charge in [-0.05, 0) is 25.7 Å². The van der Waals surface area contributed by atoms with Crippen molar-refractivity contribution in [2.45, 2.75) is 0 Å². The van der Waals surface area contributed by atoms with E-state index in [4.69, 9.17) is 11.6 Å². The van der Waals surface area contributed by atoms with Crippen molar-refractivity contribution in [3.05, 3.63) is 11.5 Å². The predicted molar refractivity (Wildman–Crippen MR) is 68.5 cm³/mol. The monoisotopic (exact) mass is 254 g/mol. The summed E-state index contributed by atoms with van der Waals surface area (Å²) < 4.78 is 0. The first-order chi connectivity index (χ1) is 8.08. The maximum Gasteiger partial charge on any atom is 0.226 e. The lowest BCUT2D eigenvalue weighted by molar-refractivity contribution is 0.416. The first-order valence-corrected chi connectivity index (χ1v) is 5.68. The van der Waals surface area contributed by atoms with Crippen molar-refractivity contribution in [2.24, 2.45) is 0 Å². The molecule has 2 heterocycles. The van der Waals surface area contributed by atoms with Gasteiger partial charge >= 0.3 is 0 Å². The highest BCUT2D eigenvalue weighted by Crippen LogP contribution is 2.22. The SMILES string of the molecule is CN(C)CCN(C)c1nc(Cl)nc2[nH]ncc12. The van der Waals surface area contributed by atoms with Crippen molar-refractivity contribution >= 4 is 28.5 Å². The summed E-state index contributed by atoms with van der Waals surface area (Å²) in [6.45, 7) is 1.80. The number of H-pyrrole nitrogens is 1. The molecule has 0 saturated heterocycles. The smallest absolute Gasteiger partial charge is 0.226 e. The Morgan fingerprint density at radius 3 is 2.71 bits per heavy atom. The molecule has 0 bridgehead atoms. The Hall–Kier alpha value is -1.40. The highest BCUT2D eigenvalue weighted by molar-refractivity contribution is 6.28. The van der Waals surface area contributed by atoms with Crippen molar-refractivity contribution in [2.75, 3.05) is 39.1 Å². The third kappa shape index (κ3) is 2.65. The fraction of sp³-hybridized carbons (Fsp3) is 0.500. The number of aromatic amines is 1. The number of likely N-dealkylation sites (N-methyl/N-ethyl adjacent to an activating group) is 2. The Bertz CT molecular complexity index is 508. The van der Waals surface area contributed by atoms with E-state index in [1.807, 2.05) is 26.0 Å². The van der Waals surface area contributed by atoms with Crippen molar-refractivity contribution in [1.82, 2.24) is 25.1 Å². The zero-order chi connectivity index (χ0) is 12.4. The topological polar surface area (TPSA) is 60.9 Å². The van der Waals surface area contributed by atoms with E-state index in [9.17, 15) is 0 Å². The fourth-order valence-corrected chi connectivity index (χ4v) is 1.70. The summed E-state index contributed by atoms with van der Waals surface area (Å²) in [6.07, 6.45) is 1.72. The first-order valence-electron chi connectivity index (χ1n) is 5.30. The molecule has 17 heavy (non-hydrogen) atoms. The van der Waals surface area contributed by atoms with Crippen molar-refractivity contribution < 1.29 is 0 Å². The van der Waals surface area contributed by atoms with Crippen LogP contribution in [-0.4, -0.2) is 59.3 Å². The highest BCUT2D eigenvalue weighted by Gasteiger charge is 2.12. The molecule has 0 unspecified atom stereocenters. The summed E-state index contributed by atoms with van der Waals surface area (Å²) in [6, 6.07) is 0. The second-order valence-corrected chi connectivity index (χ2v) is 4.51. The van der Waals surface area contributed by atoms with Gasteiger partial charge in [0.15, 0.2) is 5.65 Å². The molecule has 2 rings (SSSR count). The van der Waals surface area contributed by atoms with Gasteiger partial charge in [0, 0.05) is 20.1 Å². The minimum Gasteiger partial charge on any atom is -0.358 e. The lowest BCUT2D eigenvalue weighted by Gasteiger charge is -2.20. The summed E-state index contributed by atoms with van der Waals surface area (Å²) in [4.78, 5) is 12.5. The van der Waals surface area contributed by atoms with Gasteiger partial charge in [-0.1, -0.05) is 0 Å². The van der Waals surface area contributed by atoms with Crippen LogP contribution in [0.4, 0.5) is 5.82 Å². The third-order valence-corrected chi connectivity index (χ3v) is 2.68. The van der Waals surface area contributed by atoms with Crippen LogP contribution in [0.25, 0.3) is 11.0 Å². The lowest BCUT2D eigenvalue weighted by atomic mass is 10.3. The number of anilines is 1. The molecule has 0 atom stereocenters. The molecule has 0 fully saturated rings. The van der Waals surface area contributed by atoms with Crippen LogP contribution in [0.5, 0.6) is 0 Å². The molecule has 7 heteroatoms. The van der Waals surface area contributed by atoms with Crippen LogP contribution in [0.1, 0.15) is 0 Å². The zero-order valence-electron chi connectivity index (χ0n) is 10.1. The van der Waals surface area contributed by atoms with E-state index in [0.29, 0.717) is 5.65 Å². The van der Waals surface area contributed by atoms with Gasteiger partial charge < -0.3 is 9.80 Å². The molecule has 0 aliphatic carbocycles. The summed E-state index contributed by atoms with van der Waals surface area (Å²) in [5.41, 5.74) is 0.664. The largest absolute Gasteiger partial charge is 0.358 e. The number of rotatable bonds is 4. The minimum atomic E-state index is 0.230. The summed E-state index contributed by atoms with van der Waals surface area (Å²) in [5, 5.41) is 7.87. The molecule has 2 aromatic heterocycles. The van der Waals surface area contributed by atoms with Crippen LogP contribution in [0.15, 0.2) is 6.20 Å². The van der Waals surface area contributed by atoms with Gasteiger partial charge in [0.2, 0.25) is 5.28 Å². The van der Waals surface area contributed by atoms with Gasteiger partial charge in [0.1, 0.15) is 5.82 Å². The number of nitrogens with one attached hydrogen (secondary N) is 1. The molecule has 6 nitrogen and oxygen atoms in total. The molecule has 92 valence electrons. The van der Waals surface area contributed by atoms with Crippen molar-refractivity contribution in [3.8, 4) is 0 Å². The Kier molecular flexibility index (Phi) is 3.44. The van der Waals surface area contributed by atoms with Crippen LogP contribution >= 0.6 is 11.6 Å². The van der Waals surface area contributed by atoms with Gasteiger partial charge in [-0.3, -0.25) is 5.10 Å². The minimum absolute atomic E-state index is 0.230. The Morgan fingerprint density at radius 1 is 1.24 bits per heavy atom. The lowest BCUT2D eigenvalue weighted by Crippen LogP contribution is -2.29. The van der Waals surface area contributed by atoms with Gasteiger partial charge in [-0.2, -0.15) is 15.1 Å². The average Bonchev–Trinajstić information content (AvgIpc) is 2.72. The number of fused-ring (bicyclic) bond motifs is 1. The maximum atomic E-state index is 5.88. The molecule has 0 amide bonds. The molecule has 0 radical (unpaired) electrons. The quantitative estimate of drug-likeness (QED) is 0.825. The summed E-state index contributed by atoms with van der Waals surface area (Å²) in [5.74, 6) is 0.801. The normalized spacial score (nSPS) is 11.4. The van der Waals surface area contributed by atoms with Crippen LogP contribution in [0.2, 0.25) is 5.28 Å². The molecule has 0 aliphatic rings. The summed E-state index contributed by atoms with van der Waals surface area (Å²) in [7, 11) is 6.05. The van der Waals surface area contributed by atoms with Crippen LogP contribution in [0.3, 0.4) is 0 Å². The molecule has 0 spiro atoms. The van der Waals surface area contributed by atoms with Gasteiger partial charge in [-0.15, -0.1) is 0 Å². The van der Waals surface area contributed by atoms with Gasteiger partial charge in [0.05, 0.1) is 11.6 Å². The van der Waals surface area contributed by atoms with Crippen LogP contribution < -0.4 is 4.90 Å². The summed E-state index contributed by atoms with van der Waals surface area (Å²) >= 11 is 5.88. The Morgan fingerprint density at radius 2 is 2.00 bits per heavy atom. The second-order valence-electron chi connectivity index (χ2n) is 4.17. The second kappa shape index (κ2) is 4.85. The average molecular weight is 255 g/mol. The number of nitrogens with zero attached hydrogens (tertiary/aromatic N) is 5. The van der Waals surface area contributed by atoms with Crippen LogP contribution in [-0.2, 0) is 0 Å². The molecular formula is C10H15ClN6. The van der Waals surface area contributed by atoms with Gasteiger partial charge in [0.25, 0.3) is 0 Å². The maximum absolute atomic E-state index is 5.88. The van der Waals surface area contributed by atoms with Crippen molar-refractivity contribution in [1.29, 1.82) is 0 Å². The molecule has 0 aromatic carbocycles. The molecular weight excluding hydrogens is 240 g/mol. The number of halogens is 1. The molecule has 1 N–H and O–H groups in total. The van der Waals surface area contributed by atoms with Crippen LogP contribution in [0, 0.1) is 0 Å². The first kappa shape index (κ1) is 12.1. The van der Waals surface area contributed by atoms with Crippen molar-refractivity contribution in [3.63, 3.8) is 0 Å². The zero-order valence-corrected chi connectivity index (χ0v) is 10.9. The van der Waals surface area contributed by atoms with E-state index in [-0.39, 0.29) is 5.28 Å². The molecule has 2 aromatic rings. The fourth-order valence-electron chi connectivity index (χ4n) is 1.54. The number of hydrogen-bond acceptors (Lipinski definition) is 5. The standard InChI is InChI=1S/C10H15ClN6/c1-16(2)4-5-17(3)9-7-6-12-15-8(7)13-10(11)14-9/h6H,4-5H2,1-3H3,(H,12,13,14,15). The van der Waals surface area contributed by atoms with E-state index in [2.05, 4.69) is 25.1 Å². The van der Waals surface area contributed by atoms with Gasteiger partial charge in [-0.25, -0.2) is 0 Å². The molecule has 0 saturated carbocycles. The number of hydrogen-bond donors (Lipinski definition) is 1. The van der Waals surface area contributed by atoms with E-state index in [1.165, 1.54) is 0 Å². The highest BCUT2D eigenvalue weighted by atomic mass is 35.5. The van der Waals surface area contributed by atoms with E-state index in [1.54, 1.807) is 6.20 Å².